The molecule has 0 aliphatic heterocycles. The summed E-state index contributed by atoms with van der Waals surface area (Å²) in [6, 6.07) is 16.9. The first kappa shape index (κ1) is 22.5. The lowest BCUT2D eigenvalue weighted by Gasteiger charge is -2.27. The molecule has 2 aromatic carbocycles. The van der Waals surface area contributed by atoms with Crippen LogP contribution in [-0.4, -0.2) is 35.5 Å². The predicted molar refractivity (Wildman–Crippen MR) is 114 cm³/mol. The van der Waals surface area contributed by atoms with Crippen molar-refractivity contribution in [3.05, 3.63) is 65.7 Å². The van der Waals surface area contributed by atoms with Crippen LogP contribution in [0.4, 0.5) is 4.79 Å². The second-order valence-corrected chi connectivity index (χ2v) is 7.98. The third-order valence-electron chi connectivity index (χ3n) is 4.19. The Kier molecular flexibility index (Phi) is 8.25. The number of ether oxygens (including phenoxy) is 2. The van der Waals surface area contributed by atoms with Crippen LogP contribution in [0, 0.1) is 0 Å². The lowest BCUT2D eigenvalue weighted by atomic mass is 10.1. The highest BCUT2D eigenvalue weighted by Gasteiger charge is 2.24. The first-order chi connectivity index (χ1) is 13.8. The second kappa shape index (κ2) is 10.6. The minimum atomic E-state index is -0.595. The standard InChI is InChI=1S/C24H31NO4/c1-5-6-16-25(23(27)29-24(2,3)4)17-22(26)20-12-14-21(15-13-20)28-18-19-10-8-7-9-11-19/h7-15H,5-6,16-18H2,1-4H3. The molecule has 5 nitrogen and oxygen atoms in total. The molecule has 0 radical (unpaired) electrons. The minimum absolute atomic E-state index is 0.000861. The summed E-state index contributed by atoms with van der Waals surface area (Å²) < 4.78 is 11.2. The van der Waals surface area contributed by atoms with E-state index in [2.05, 4.69) is 0 Å². The third-order valence-corrected chi connectivity index (χ3v) is 4.19. The number of nitrogens with zero attached hydrogens (tertiary/aromatic N) is 1. The lowest BCUT2D eigenvalue weighted by molar-refractivity contribution is 0.0245. The van der Waals surface area contributed by atoms with E-state index in [1.165, 1.54) is 4.90 Å². The number of rotatable bonds is 9. The molecule has 1 amide bonds. The lowest BCUT2D eigenvalue weighted by Crippen LogP contribution is -2.40. The van der Waals surface area contributed by atoms with Gasteiger partial charge in [-0.3, -0.25) is 4.79 Å². The highest BCUT2D eigenvalue weighted by Crippen LogP contribution is 2.16. The summed E-state index contributed by atoms with van der Waals surface area (Å²) >= 11 is 0. The third kappa shape index (κ3) is 7.98. The van der Waals surface area contributed by atoms with Gasteiger partial charge < -0.3 is 14.4 Å². The topological polar surface area (TPSA) is 55.8 Å². The predicted octanol–water partition coefficient (Wildman–Crippen LogP) is 5.49. The number of unbranched alkanes of at least 4 members (excludes halogenated alkanes) is 1. The van der Waals surface area contributed by atoms with Gasteiger partial charge in [0.1, 0.15) is 18.0 Å². The molecule has 0 N–H and O–H groups in total. The summed E-state index contributed by atoms with van der Waals surface area (Å²) in [4.78, 5) is 26.6. The zero-order chi connectivity index (χ0) is 21.3. The first-order valence-electron chi connectivity index (χ1n) is 10.1. The van der Waals surface area contributed by atoms with Gasteiger partial charge in [-0.05, 0) is 57.0 Å². The number of carbonyl (C=O) groups is 2. The highest BCUT2D eigenvalue weighted by molar-refractivity contribution is 5.99. The van der Waals surface area contributed by atoms with Crippen LogP contribution in [0.2, 0.25) is 0 Å². The number of carbonyl (C=O) groups excluding carboxylic acids is 2. The van der Waals surface area contributed by atoms with E-state index in [9.17, 15) is 9.59 Å². The maximum Gasteiger partial charge on any atom is 0.410 e. The van der Waals surface area contributed by atoms with Crippen molar-refractivity contribution in [2.45, 2.75) is 52.7 Å². The minimum Gasteiger partial charge on any atom is -0.489 e. The van der Waals surface area contributed by atoms with E-state index in [1.54, 1.807) is 24.3 Å². The average Bonchev–Trinajstić information content (AvgIpc) is 2.69. The highest BCUT2D eigenvalue weighted by atomic mass is 16.6. The number of benzene rings is 2. The molecule has 0 saturated carbocycles. The van der Waals surface area contributed by atoms with E-state index in [4.69, 9.17) is 9.47 Å². The molecule has 0 spiro atoms. The van der Waals surface area contributed by atoms with Crippen molar-refractivity contribution in [1.29, 1.82) is 0 Å². The Bertz CT molecular complexity index is 779. The van der Waals surface area contributed by atoms with E-state index in [0.717, 1.165) is 18.4 Å². The van der Waals surface area contributed by atoms with Gasteiger partial charge in [0.2, 0.25) is 0 Å². The van der Waals surface area contributed by atoms with E-state index >= 15 is 0 Å². The molecule has 0 fully saturated rings. The Balaban J connectivity index is 1.96. The molecule has 0 unspecified atom stereocenters. The van der Waals surface area contributed by atoms with Crippen LogP contribution >= 0.6 is 0 Å². The number of Topliss-reactive ketones (excluding diaryl/α,β-unsaturated/α-hetero) is 1. The van der Waals surface area contributed by atoms with Gasteiger partial charge in [0.25, 0.3) is 0 Å². The molecule has 0 bridgehead atoms. The zero-order valence-electron chi connectivity index (χ0n) is 17.8. The quantitative estimate of drug-likeness (QED) is 0.525. The molecule has 0 aliphatic carbocycles. The fourth-order valence-electron chi connectivity index (χ4n) is 2.65. The summed E-state index contributed by atoms with van der Waals surface area (Å²) in [6.07, 6.45) is 1.29. The van der Waals surface area contributed by atoms with Gasteiger partial charge in [0.05, 0.1) is 6.54 Å². The van der Waals surface area contributed by atoms with Crippen molar-refractivity contribution in [2.75, 3.05) is 13.1 Å². The fourth-order valence-corrected chi connectivity index (χ4v) is 2.65. The summed E-state index contributed by atoms with van der Waals surface area (Å²) in [5.41, 5.74) is 1.03. The van der Waals surface area contributed by atoms with Crippen molar-refractivity contribution in [2.24, 2.45) is 0 Å². The molecule has 2 aromatic rings. The van der Waals surface area contributed by atoms with Crippen LogP contribution in [0.15, 0.2) is 54.6 Å². The van der Waals surface area contributed by atoms with Gasteiger partial charge >= 0.3 is 6.09 Å². The smallest absolute Gasteiger partial charge is 0.410 e. The monoisotopic (exact) mass is 397 g/mol. The van der Waals surface area contributed by atoms with Gasteiger partial charge in [-0.2, -0.15) is 0 Å². The van der Waals surface area contributed by atoms with Crippen LogP contribution in [0.25, 0.3) is 0 Å². The molecule has 5 heteroatoms. The van der Waals surface area contributed by atoms with Crippen LogP contribution in [0.5, 0.6) is 5.75 Å². The van der Waals surface area contributed by atoms with Crippen molar-refractivity contribution >= 4 is 11.9 Å². The summed E-state index contributed by atoms with van der Waals surface area (Å²) in [6.45, 7) is 8.46. The van der Waals surface area contributed by atoms with Crippen LogP contribution in [0.3, 0.4) is 0 Å². The van der Waals surface area contributed by atoms with E-state index in [0.29, 0.717) is 24.5 Å². The van der Waals surface area contributed by atoms with Crippen molar-refractivity contribution in [3.63, 3.8) is 0 Å². The molecule has 2 rings (SSSR count). The molecular weight excluding hydrogens is 366 g/mol. The van der Waals surface area contributed by atoms with Gasteiger partial charge in [0.15, 0.2) is 5.78 Å². The van der Waals surface area contributed by atoms with Gasteiger partial charge in [-0.25, -0.2) is 4.79 Å². The van der Waals surface area contributed by atoms with Crippen molar-refractivity contribution in [3.8, 4) is 5.75 Å². The Hall–Kier alpha value is -2.82. The molecule has 0 heterocycles. The number of amides is 1. The Morgan fingerprint density at radius 2 is 1.62 bits per heavy atom. The maximum atomic E-state index is 12.7. The zero-order valence-corrected chi connectivity index (χ0v) is 17.8. The Labute approximate surface area is 173 Å². The van der Waals surface area contributed by atoms with Crippen LogP contribution < -0.4 is 4.74 Å². The summed E-state index contributed by atoms with van der Waals surface area (Å²) in [5.74, 6) is 0.571. The first-order valence-corrected chi connectivity index (χ1v) is 10.1. The van der Waals surface area contributed by atoms with Gasteiger partial charge in [0, 0.05) is 12.1 Å². The molecule has 0 aromatic heterocycles. The molecule has 156 valence electrons. The molecule has 0 saturated heterocycles. The van der Waals surface area contributed by atoms with Crippen LogP contribution in [-0.2, 0) is 11.3 Å². The second-order valence-electron chi connectivity index (χ2n) is 7.98. The van der Waals surface area contributed by atoms with E-state index in [-0.39, 0.29) is 12.3 Å². The van der Waals surface area contributed by atoms with Crippen molar-refractivity contribution in [1.82, 2.24) is 4.90 Å². The molecular formula is C24H31NO4. The van der Waals surface area contributed by atoms with Gasteiger partial charge in [-0.1, -0.05) is 43.7 Å². The van der Waals surface area contributed by atoms with Crippen molar-refractivity contribution < 1.29 is 19.1 Å². The summed E-state index contributed by atoms with van der Waals surface area (Å²) in [7, 11) is 0. The Morgan fingerprint density at radius 1 is 0.966 bits per heavy atom. The number of hydrogen-bond donors (Lipinski definition) is 0. The normalized spacial score (nSPS) is 11.0. The number of ketones is 1. The molecule has 0 atom stereocenters. The average molecular weight is 398 g/mol. The van der Waals surface area contributed by atoms with Gasteiger partial charge in [-0.15, -0.1) is 0 Å². The Morgan fingerprint density at radius 3 is 2.21 bits per heavy atom. The fraction of sp³-hybridized carbons (Fsp3) is 0.417. The molecule has 29 heavy (non-hydrogen) atoms. The maximum absolute atomic E-state index is 12.7. The molecule has 0 aliphatic rings. The van der Waals surface area contributed by atoms with E-state index < -0.39 is 11.7 Å². The number of hydrogen-bond acceptors (Lipinski definition) is 4. The van der Waals surface area contributed by atoms with E-state index in [1.807, 2.05) is 58.0 Å². The van der Waals surface area contributed by atoms with Crippen LogP contribution in [0.1, 0.15) is 56.5 Å². The SMILES string of the molecule is CCCCN(CC(=O)c1ccc(OCc2ccccc2)cc1)C(=O)OC(C)(C)C. The summed E-state index contributed by atoms with van der Waals surface area (Å²) in [5, 5.41) is 0. The largest absolute Gasteiger partial charge is 0.489 e.